The molecule has 0 fully saturated rings. The number of furan rings is 1. The lowest BCUT2D eigenvalue weighted by molar-refractivity contribution is -0.128. The first-order valence-corrected chi connectivity index (χ1v) is 8.51. The van der Waals surface area contributed by atoms with E-state index in [-0.39, 0.29) is 5.91 Å². The maximum Gasteiger partial charge on any atom is 0.336 e. The lowest BCUT2D eigenvalue weighted by atomic mass is 10.2. The number of benzene rings is 2. The van der Waals surface area contributed by atoms with Crippen molar-refractivity contribution in [3.8, 4) is 17.1 Å². The van der Waals surface area contributed by atoms with Crippen LogP contribution in [-0.4, -0.2) is 11.9 Å². The second-order valence-corrected chi connectivity index (χ2v) is 6.11. The van der Waals surface area contributed by atoms with E-state index in [4.69, 9.17) is 20.8 Å². The first-order valence-electron chi connectivity index (χ1n) is 8.13. The minimum atomic E-state index is -0.556. The summed E-state index contributed by atoms with van der Waals surface area (Å²) in [5.74, 6) is 0.760. The number of nitrogens with one attached hydrogen (secondary N) is 1. The van der Waals surface area contributed by atoms with E-state index in [0.717, 1.165) is 5.56 Å². The Hall–Kier alpha value is -3.31. The second-order valence-electron chi connectivity index (χ2n) is 5.67. The quantitative estimate of drug-likeness (QED) is 0.375. The van der Waals surface area contributed by atoms with Gasteiger partial charge in [0.05, 0.1) is 0 Å². The zero-order valence-corrected chi connectivity index (χ0v) is 15.2. The van der Waals surface area contributed by atoms with E-state index in [2.05, 4.69) is 5.32 Å². The summed E-state index contributed by atoms with van der Waals surface area (Å²) in [5.41, 5.74) is 1.44. The Bertz CT molecular complexity index is 989. The van der Waals surface area contributed by atoms with Gasteiger partial charge in [-0.25, -0.2) is 4.79 Å². The van der Waals surface area contributed by atoms with Crippen LogP contribution in [0.15, 0.2) is 71.2 Å². The highest BCUT2D eigenvalue weighted by molar-refractivity contribution is 6.30. The molecule has 5 nitrogen and oxygen atoms in total. The molecule has 0 saturated heterocycles. The maximum atomic E-state index is 12.0. The van der Waals surface area contributed by atoms with E-state index in [1.54, 1.807) is 42.5 Å². The molecular formula is C21H16ClNO4. The highest BCUT2D eigenvalue weighted by atomic mass is 35.5. The van der Waals surface area contributed by atoms with Crippen molar-refractivity contribution in [1.29, 1.82) is 0 Å². The van der Waals surface area contributed by atoms with E-state index in [9.17, 15) is 9.59 Å². The summed E-state index contributed by atoms with van der Waals surface area (Å²) in [4.78, 5) is 23.1. The van der Waals surface area contributed by atoms with Gasteiger partial charge in [-0.3, -0.25) is 4.79 Å². The van der Waals surface area contributed by atoms with Gasteiger partial charge in [-0.2, -0.15) is 0 Å². The fraction of sp³-hybridized carbons (Fsp3) is 0.0476. The van der Waals surface area contributed by atoms with Gasteiger partial charge in [0.15, 0.2) is 0 Å². The Morgan fingerprint density at radius 3 is 2.59 bits per heavy atom. The highest BCUT2D eigenvalue weighted by Gasteiger charge is 2.05. The number of hydrogen-bond donors (Lipinski definition) is 1. The molecule has 27 heavy (non-hydrogen) atoms. The summed E-state index contributed by atoms with van der Waals surface area (Å²) in [6.45, 7) is 1.41. The van der Waals surface area contributed by atoms with Crippen LogP contribution in [0.4, 0.5) is 5.69 Å². The first-order chi connectivity index (χ1) is 13.0. The Balaban J connectivity index is 1.63. The van der Waals surface area contributed by atoms with E-state index in [1.807, 2.05) is 18.2 Å². The number of carbonyl (C=O) groups is 2. The van der Waals surface area contributed by atoms with Gasteiger partial charge in [-0.1, -0.05) is 17.7 Å². The van der Waals surface area contributed by atoms with Crippen LogP contribution in [-0.2, 0) is 9.59 Å². The summed E-state index contributed by atoms with van der Waals surface area (Å²) in [6, 6.07) is 17.4. The predicted octanol–water partition coefficient (Wildman–Crippen LogP) is 5.18. The minimum absolute atomic E-state index is 0.201. The number of carbonyl (C=O) groups excluding carboxylic acids is 2. The van der Waals surface area contributed by atoms with Gasteiger partial charge in [0.2, 0.25) is 5.91 Å². The molecule has 1 heterocycles. The molecule has 136 valence electrons. The van der Waals surface area contributed by atoms with Gasteiger partial charge in [0.1, 0.15) is 17.3 Å². The number of ether oxygens (including phenoxy) is 1. The lowest BCUT2D eigenvalue weighted by Gasteiger charge is -2.05. The Kier molecular flexibility index (Phi) is 5.74. The van der Waals surface area contributed by atoms with Crippen molar-refractivity contribution in [2.75, 3.05) is 5.32 Å². The molecule has 1 N–H and O–H groups in total. The van der Waals surface area contributed by atoms with Crippen LogP contribution in [0.5, 0.6) is 5.75 Å². The predicted molar refractivity (Wildman–Crippen MR) is 105 cm³/mol. The Labute approximate surface area is 161 Å². The van der Waals surface area contributed by atoms with Gasteiger partial charge in [0.25, 0.3) is 0 Å². The fourth-order valence-electron chi connectivity index (χ4n) is 2.35. The van der Waals surface area contributed by atoms with E-state index >= 15 is 0 Å². The number of amides is 1. The molecule has 0 aliphatic carbocycles. The van der Waals surface area contributed by atoms with Crippen LogP contribution in [0, 0.1) is 0 Å². The molecule has 0 bridgehead atoms. The molecule has 2 aromatic carbocycles. The fourth-order valence-corrected chi connectivity index (χ4v) is 2.48. The smallest absolute Gasteiger partial charge is 0.336 e. The molecule has 0 atom stereocenters. The van der Waals surface area contributed by atoms with Crippen LogP contribution in [0.2, 0.25) is 5.02 Å². The molecule has 0 unspecified atom stereocenters. The number of anilines is 1. The van der Waals surface area contributed by atoms with Gasteiger partial charge < -0.3 is 14.5 Å². The Morgan fingerprint density at radius 2 is 1.85 bits per heavy atom. The third-order valence-corrected chi connectivity index (χ3v) is 3.76. The molecule has 0 aliphatic heterocycles. The van der Waals surface area contributed by atoms with E-state index < -0.39 is 5.97 Å². The number of esters is 1. The molecule has 3 rings (SSSR count). The molecule has 1 amide bonds. The SMILES string of the molecule is CC(=O)Nc1cccc(OC(=O)/C=C/c2ccc(-c3ccc(Cl)cc3)o2)c1. The highest BCUT2D eigenvalue weighted by Crippen LogP contribution is 2.24. The first kappa shape index (κ1) is 18.5. The van der Waals surface area contributed by atoms with Crippen LogP contribution in [0.3, 0.4) is 0 Å². The topological polar surface area (TPSA) is 68.5 Å². The van der Waals surface area contributed by atoms with Crippen molar-refractivity contribution in [2.24, 2.45) is 0 Å². The summed E-state index contributed by atoms with van der Waals surface area (Å²) < 4.78 is 10.9. The van der Waals surface area contributed by atoms with Crippen molar-refractivity contribution in [1.82, 2.24) is 0 Å². The van der Waals surface area contributed by atoms with E-state index in [0.29, 0.717) is 28.0 Å². The molecular weight excluding hydrogens is 366 g/mol. The summed E-state index contributed by atoms with van der Waals surface area (Å²) in [7, 11) is 0. The molecule has 6 heteroatoms. The average molecular weight is 382 g/mol. The number of halogens is 1. The number of hydrogen-bond acceptors (Lipinski definition) is 4. The summed E-state index contributed by atoms with van der Waals surface area (Å²) in [6.07, 6.45) is 2.80. The molecule has 0 spiro atoms. The zero-order valence-electron chi connectivity index (χ0n) is 14.4. The maximum absolute atomic E-state index is 12.0. The standard InChI is InChI=1S/C21H16ClNO4/c1-14(24)23-17-3-2-4-19(13-17)27-21(25)12-10-18-9-11-20(26-18)15-5-7-16(22)8-6-15/h2-13H,1H3,(H,23,24)/b12-10+. The molecule has 3 aromatic rings. The van der Waals surface area contributed by atoms with Crippen LogP contribution < -0.4 is 10.1 Å². The molecule has 0 radical (unpaired) electrons. The lowest BCUT2D eigenvalue weighted by Crippen LogP contribution is -2.07. The monoisotopic (exact) mass is 381 g/mol. The van der Waals surface area contributed by atoms with Crippen molar-refractivity contribution >= 4 is 35.2 Å². The van der Waals surface area contributed by atoms with Crippen LogP contribution >= 0.6 is 11.6 Å². The van der Waals surface area contributed by atoms with Crippen molar-refractivity contribution in [2.45, 2.75) is 6.92 Å². The van der Waals surface area contributed by atoms with Crippen LogP contribution in [0.25, 0.3) is 17.4 Å². The minimum Gasteiger partial charge on any atom is -0.457 e. The summed E-state index contributed by atoms with van der Waals surface area (Å²) >= 11 is 5.88. The third kappa shape index (κ3) is 5.33. The van der Waals surface area contributed by atoms with Crippen molar-refractivity contribution in [3.63, 3.8) is 0 Å². The van der Waals surface area contributed by atoms with Gasteiger partial charge >= 0.3 is 5.97 Å². The van der Waals surface area contributed by atoms with Gasteiger partial charge in [-0.05, 0) is 54.6 Å². The largest absolute Gasteiger partial charge is 0.457 e. The zero-order chi connectivity index (χ0) is 19.2. The second kappa shape index (κ2) is 8.38. The third-order valence-electron chi connectivity index (χ3n) is 3.51. The molecule has 1 aromatic heterocycles. The van der Waals surface area contributed by atoms with Crippen molar-refractivity contribution in [3.05, 3.63) is 77.5 Å². The van der Waals surface area contributed by atoms with E-state index in [1.165, 1.54) is 19.1 Å². The van der Waals surface area contributed by atoms with Gasteiger partial charge in [-0.15, -0.1) is 0 Å². The Morgan fingerprint density at radius 1 is 1.07 bits per heavy atom. The normalized spacial score (nSPS) is 10.7. The van der Waals surface area contributed by atoms with Crippen LogP contribution in [0.1, 0.15) is 12.7 Å². The molecule has 0 saturated carbocycles. The van der Waals surface area contributed by atoms with Crippen molar-refractivity contribution < 1.29 is 18.7 Å². The summed E-state index contributed by atoms with van der Waals surface area (Å²) in [5, 5.41) is 3.28. The molecule has 0 aliphatic rings. The average Bonchev–Trinajstić information content (AvgIpc) is 3.09. The van der Waals surface area contributed by atoms with Gasteiger partial charge in [0, 0.05) is 35.3 Å². The number of rotatable bonds is 5.